The first kappa shape index (κ1) is 13.1. The molecule has 3 rings (SSSR count). The SMILES string of the molecule is Cc1cccc2c1nc(N)n2-c1cc(Br)c(F)cc1F. The van der Waals surface area contributed by atoms with Gasteiger partial charge in [0.1, 0.15) is 11.6 Å². The van der Waals surface area contributed by atoms with E-state index in [2.05, 4.69) is 20.9 Å². The molecule has 0 aliphatic heterocycles. The third-order valence-electron chi connectivity index (χ3n) is 3.14. The van der Waals surface area contributed by atoms with Crippen LogP contribution in [0.25, 0.3) is 16.7 Å². The van der Waals surface area contributed by atoms with E-state index in [1.807, 2.05) is 19.1 Å². The maximum Gasteiger partial charge on any atom is 0.206 e. The lowest BCUT2D eigenvalue weighted by molar-refractivity contribution is 0.574. The van der Waals surface area contributed by atoms with Gasteiger partial charge in [-0.05, 0) is 40.5 Å². The van der Waals surface area contributed by atoms with Gasteiger partial charge in [0.05, 0.1) is 21.2 Å². The summed E-state index contributed by atoms with van der Waals surface area (Å²) in [6.07, 6.45) is 0. The van der Waals surface area contributed by atoms with Gasteiger partial charge in [0, 0.05) is 6.07 Å². The Morgan fingerprint density at radius 1 is 1.20 bits per heavy atom. The summed E-state index contributed by atoms with van der Waals surface area (Å²) in [6, 6.07) is 7.70. The van der Waals surface area contributed by atoms with Crippen molar-refractivity contribution in [1.82, 2.24) is 9.55 Å². The molecule has 0 radical (unpaired) electrons. The Kier molecular flexibility index (Phi) is 2.97. The smallest absolute Gasteiger partial charge is 0.206 e. The topological polar surface area (TPSA) is 43.8 Å². The maximum atomic E-state index is 14.0. The highest BCUT2D eigenvalue weighted by Crippen LogP contribution is 2.29. The van der Waals surface area contributed by atoms with Gasteiger partial charge in [-0.2, -0.15) is 0 Å². The van der Waals surface area contributed by atoms with E-state index in [0.29, 0.717) is 11.0 Å². The fourth-order valence-corrected chi connectivity index (χ4v) is 2.53. The Morgan fingerprint density at radius 2 is 1.95 bits per heavy atom. The standard InChI is InChI=1S/C14H10BrF2N3/c1-7-3-2-4-11-13(7)19-14(18)20(11)12-5-8(15)9(16)6-10(12)17/h2-6H,1H3,(H2,18,19). The van der Waals surface area contributed by atoms with Crippen LogP contribution in [0.15, 0.2) is 34.8 Å². The molecule has 0 aliphatic rings. The Hall–Kier alpha value is -1.95. The molecule has 3 aromatic rings. The first-order valence-corrected chi connectivity index (χ1v) is 6.67. The molecule has 0 fully saturated rings. The number of para-hydroxylation sites is 1. The van der Waals surface area contributed by atoms with Crippen LogP contribution in [-0.2, 0) is 0 Å². The van der Waals surface area contributed by atoms with Crippen molar-refractivity contribution in [1.29, 1.82) is 0 Å². The number of benzene rings is 2. The third-order valence-corrected chi connectivity index (χ3v) is 3.75. The van der Waals surface area contributed by atoms with Gasteiger partial charge in [-0.25, -0.2) is 13.8 Å². The lowest BCUT2D eigenvalue weighted by Gasteiger charge is -2.09. The Balaban J connectivity index is 2.38. The fourth-order valence-electron chi connectivity index (χ4n) is 2.19. The van der Waals surface area contributed by atoms with E-state index < -0.39 is 11.6 Å². The molecule has 0 saturated carbocycles. The average molecular weight is 338 g/mol. The van der Waals surface area contributed by atoms with Crippen LogP contribution in [0.1, 0.15) is 5.56 Å². The predicted octanol–water partition coefficient (Wildman–Crippen LogP) is 3.96. The first-order valence-electron chi connectivity index (χ1n) is 5.87. The van der Waals surface area contributed by atoms with Crippen LogP contribution in [0.2, 0.25) is 0 Å². The number of aromatic nitrogens is 2. The van der Waals surface area contributed by atoms with Gasteiger partial charge in [0.25, 0.3) is 0 Å². The van der Waals surface area contributed by atoms with Crippen LogP contribution in [0, 0.1) is 18.6 Å². The molecule has 0 amide bonds. The second-order valence-corrected chi connectivity index (χ2v) is 5.32. The molecule has 1 aromatic heterocycles. The summed E-state index contributed by atoms with van der Waals surface area (Å²) >= 11 is 3.05. The van der Waals surface area contributed by atoms with Crippen LogP contribution in [0.4, 0.5) is 14.7 Å². The zero-order chi connectivity index (χ0) is 14.4. The van der Waals surface area contributed by atoms with Gasteiger partial charge in [-0.1, -0.05) is 12.1 Å². The number of hydrogen-bond donors (Lipinski definition) is 1. The van der Waals surface area contributed by atoms with Crippen molar-refractivity contribution in [3.8, 4) is 5.69 Å². The quantitative estimate of drug-likeness (QED) is 0.683. The molecule has 0 unspecified atom stereocenters. The molecule has 6 heteroatoms. The van der Waals surface area contributed by atoms with Gasteiger partial charge >= 0.3 is 0 Å². The van der Waals surface area contributed by atoms with E-state index in [1.54, 1.807) is 6.07 Å². The lowest BCUT2D eigenvalue weighted by atomic mass is 10.2. The minimum Gasteiger partial charge on any atom is -0.369 e. The number of nitrogen functional groups attached to an aromatic ring is 1. The van der Waals surface area contributed by atoms with Crippen LogP contribution >= 0.6 is 15.9 Å². The molecule has 1 heterocycles. The van der Waals surface area contributed by atoms with Crippen LogP contribution in [-0.4, -0.2) is 9.55 Å². The molecule has 20 heavy (non-hydrogen) atoms. The third kappa shape index (κ3) is 1.87. The zero-order valence-corrected chi connectivity index (χ0v) is 12.1. The number of rotatable bonds is 1. The normalized spacial score (nSPS) is 11.2. The molecule has 0 atom stereocenters. The summed E-state index contributed by atoms with van der Waals surface area (Å²) in [4.78, 5) is 4.25. The highest BCUT2D eigenvalue weighted by atomic mass is 79.9. The monoisotopic (exact) mass is 337 g/mol. The summed E-state index contributed by atoms with van der Waals surface area (Å²) in [5, 5.41) is 0. The number of fused-ring (bicyclic) bond motifs is 1. The van der Waals surface area contributed by atoms with E-state index in [-0.39, 0.29) is 16.1 Å². The molecule has 0 aliphatic carbocycles. The number of aryl methyl sites for hydroxylation is 1. The van der Waals surface area contributed by atoms with Gasteiger partial charge in [-0.3, -0.25) is 4.57 Å². The van der Waals surface area contributed by atoms with Crippen molar-refractivity contribution in [2.24, 2.45) is 0 Å². The Labute approximate surface area is 122 Å². The van der Waals surface area contributed by atoms with Crippen LogP contribution in [0.5, 0.6) is 0 Å². The second kappa shape index (κ2) is 4.56. The van der Waals surface area contributed by atoms with Crippen molar-refractivity contribution in [2.75, 3.05) is 5.73 Å². The molecular weight excluding hydrogens is 328 g/mol. The van der Waals surface area contributed by atoms with Gasteiger partial charge in [0.15, 0.2) is 0 Å². The van der Waals surface area contributed by atoms with Gasteiger partial charge < -0.3 is 5.73 Å². The molecule has 0 saturated heterocycles. The molecule has 102 valence electrons. The molecule has 2 N–H and O–H groups in total. The minimum absolute atomic E-state index is 0.156. The van der Waals surface area contributed by atoms with Gasteiger partial charge in [-0.15, -0.1) is 0 Å². The fraction of sp³-hybridized carbons (Fsp3) is 0.0714. The summed E-state index contributed by atoms with van der Waals surface area (Å²) in [5.74, 6) is -1.20. The molecule has 0 bridgehead atoms. The first-order chi connectivity index (χ1) is 9.49. The Bertz CT molecular complexity index is 827. The minimum atomic E-state index is -0.696. The van der Waals surface area contributed by atoms with E-state index in [9.17, 15) is 8.78 Å². The van der Waals surface area contributed by atoms with Crippen molar-refractivity contribution < 1.29 is 8.78 Å². The number of nitrogens with zero attached hydrogens (tertiary/aromatic N) is 2. The number of halogens is 3. The number of imidazole rings is 1. The average Bonchev–Trinajstić information content (AvgIpc) is 2.72. The van der Waals surface area contributed by atoms with Crippen molar-refractivity contribution in [2.45, 2.75) is 6.92 Å². The van der Waals surface area contributed by atoms with E-state index in [0.717, 1.165) is 11.6 Å². The van der Waals surface area contributed by atoms with Crippen molar-refractivity contribution in [3.05, 3.63) is 52.0 Å². The highest BCUT2D eigenvalue weighted by Gasteiger charge is 2.16. The summed E-state index contributed by atoms with van der Waals surface area (Å²) in [5.41, 5.74) is 8.36. The second-order valence-electron chi connectivity index (χ2n) is 4.47. The van der Waals surface area contributed by atoms with E-state index in [1.165, 1.54) is 10.6 Å². The number of hydrogen-bond acceptors (Lipinski definition) is 2. The molecular formula is C14H10BrF2N3. The molecule has 2 aromatic carbocycles. The van der Waals surface area contributed by atoms with Crippen molar-refractivity contribution >= 4 is 32.9 Å². The largest absolute Gasteiger partial charge is 0.369 e. The summed E-state index contributed by atoms with van der Waals surface area (Å²) in [6.45, 7) is 1.90. The predicted molar refractivity (Wildman–Crippen MR) is 77.8 cm³/mol. The number of anilines is 1. The number of nitrogens with two attached hydrogens (primary N) is 1. The maximum absolute atomic E-state index is 14.0. The lowest BCUT2D eigenvalue weighted by Crippen LogP contribution is -2.03. The van der Waals surface area contributed by atoms with Crippen LogP contribution in [0.3, 0.4) is 0 Å². The summed E-state index contributed by atoms with van der Waals surface area (Å²) < 4.78 is 29.0. The molecule has 3 nitrogen and oxygen atoms in total. The van der Waals surface area contributed by atoms with Crippen LogP contribution < -0.4 is 5.73 Å². The van der Waals surface area contributed by atoms with Gasteiger partial charge in [0.2, 0.25) is 5.95 Å². The zero-order valence-electron chi connectivity index (χ0n) is 10.5. The van der Waals surface area contributed by atoms with Crippen molar-refractivity contribution in [3.63, 3.8) is 0 Å². The van der Waals surface area contributed by atoms with E-state index in [4.69, 9.17) is 5.73 Å². The van der Waals surface area contributed by atoms with E-state index >= 15 is 0 Å². The Morgan fingerprint density at radius 3 is 2.70 bits per heavy atom. The summed E-state index contributed by atoms with van der Waals surface area (Å²) in [7, 11) is 0. The highest BCUT2D eigenvalue weighted by molar-refractivity contribution is 9.10. The molecule has 0 spiro atoms.